The van der Waals surface area contributed by atoms with Crippen molar-refractivity contribution in [3.05, 3.63) is 46.9 Å². The van der Waals surface area contributed by atoms with Gasteiger partial charge < -0.3 is 24.6 Å². The number of fused-ring (bicyclic) bond motifs is 1. The number of benzene rings is 2. The second kappa shape index (κ2) is 10.4. The summed E-state index contributed by atoms with van der Waals surface area (Å²) >= 11 is 3.25. The van der Waals surface area contributed by atoms with Crippen molar-refractivity contribution in [1.82, 2.24) is 14.9 Å². The smallest absolute Gasteiger partial charge is 0.163 e. The maximum absolute atomic E-state index is 14.3. The summed E-state index contributed by atoms with van der Waals surface area (Å²) in [5, 5.41) is 14.0. The van der Waals surface area contributed by atoms with Gasteiger partial charge in [0.25, 0.3) is 0 Å². The highest BCUT2D eigenvalue weighted by atomic mass is 79.9. The van der Waals surface area contributed by atoms with E-state index >= 15 is 0 Å². The molecule has 0 saturated carbocycles. The van der Waals surface area contributed by atoms with Crippen LogP contribution in [-0.4, -0.2) is 72.6 Å². The molecule has 1 aliphatic rings. The Balaban J connectivity index is 1.52. The molecule has 1 aromatic heterocycles. The summed E-state index contributed by atoms with van der Waals surface area (Å²) in [7, 11) is 1.53. The highest BCUT2D eigenvalue weighted by Gasteiger charge is 2.17. The molecule has 3 aromatic rings. The van der Waals surface area contributed by atoms with Crippen molar-refractivity contribution in [3.63, 3.8) is 0 Å². The summed E-state index contributed by atoms with van der Waals surface area (Å²) < 4.78 is 31.6. The number of nitrogens with zero attached hydrogens (tertiary/aromatic N) is 3. The first-order chi connectivity index (χ1) is 15.5. The van der Waals surface area contributed by atoms with Crippen molar-refractivity contribution in [3.8, 4) is 11.5 Å². The third kappa shape index (κ3) is 5.44. The Morgan fingerprint density at radius 1 is 1.22 bits per heavy atom. The molecule has 1 aliphatic heterocycles. The van der Waals surface area contributed by atoms with E-state index in [2.05, 4.69) is 36.1 Å². The predicted octanol–water partition coefficient (Wildman–Crippen LogP) is 3.36. The molecule has 2 N–H and O–H groups in total. The van der Waals surface area contributed by atoms with E-state index in [0.29, 0.717) is 58.1 Å². The molecular weight excluding hydrogens is 483 g/mol. The number of aliphatic hydroxyl groups excluding tert-OH is 1. The predicted molar refractivity (Wildman–Crippen MR) is 122 cm³/mol. The van der Waals surface area contributed by atoms with Crippen LogP contribution in [0, 0.1) is 5.82 Å². The summed E-state index contributed by atoms with van der Waals surface area (Å²) in [6.45, 7) is 3.55. The van der Waals surface area contributed by atoms with Crippen molar-refractivity contribution in [2.24, 2.45) is 0 Å². The number of hydrogen-bond donors (Lipinski definition) is 2. The van der Waals surface area contributed by atoms with Crippen LogP contribution in [-0.2, 0) is 4.74 Å². The number of aromatic nitrogens is 2. The maximum atomic E-state index is 14.3. The minimum absolute atomic E-state index is 0.111. The molecule has 32 heavy (non-hydrogen) atoms. The van der Waals surface area contributed by atoms with Gasteiger partial charge in [0.15, 0.2) is 11.5 Å². The second-order valence-electron chi connectivity index (χ2n) is 7.37. The number of ether oxygens (including phenoxy) is 3. The van der Waals surface area contributed by atoms with Gasteiger partial charge in [0.2, 0.25) is 0 Å². The van der Waals surface area contributed by atoms with Gasteiger partial charge >= 0.3 is 0 Å². The Morgan fingerprint density at radius 2 is 2.03 bits per heavy atom. The van der Waals surface area contributed by atoms with Gasteiger partial charge in [0.1, 0.15) is 30.7 Å². The van der Waals surface area contributed by atoms with Crippen LogP contribution in [0.5, 0.6) is 11.5 Å². The van der Waals surface area contributed by atoms with Crippen LogP contribution in [0.2, 0.25) is 0 Å². The van der Waals surface area contributed by atoms with Crippen molar-refractivity contribution in [1.29, 1.82) is 0 Å². The van der Waals surface area contributed by atoms with E-state index in [4.69, 9.17) is 14.2 Å². The number of aliphatic hydroxyl groups is 1. The zero-order chi connectivity index (χ0) is 22.5. The molecule has 0 amide bonds. The quantitative estimate of drug-likeness (QED) is 0.480. The van der Waals surface area contributed by atoms with Gasteiger partial charge in [0, 0.05) is 35.6 Å². The average Bonchev–Trinajstić information content (AvgIpc) is 2.79. The highest BCUT2D eigenvalue weighted by Crippen LogP contribution is 2.35. The molecule has 4 rings (SSSR count). The van der Waals surface area contributed by atoms with Gasteiger partial charge in [-0.1, -0.05) is 15.9 Å². The van der Waals surface area contributed by atoms with E-state index in [1.54, 1.807) is 24.3 Å². The lowest BCUT2D eigenvalue weighted by Crippen LogP contribution is -2.42. The molecule has 8 nitrogen and oxygen atoms in total. The lowest BCUT2D eigenvalue weighted by molar-refractivity contribution is 0.00446. The standard InChI is InChI=1S/C22H24BrFN4O4/c1-30-20-9-16-19(10-21(20)32-12-15(29)11-28-4-6-31-7-5-28)25-13-26-22(16)27-18-3-2-14(23)8-17(18)24/h2-3,8-10,13,15,29H,4-7,11-12H2,1H3,(H,25,26,27). The van der Waals surface area contributed by atoms with Gasteiger partial charge in [-0.15, -0.1) is 0 Å². The molecular formula is C22H24BrFN4O4. The third-order valence-electron chi connectivity index (χ3n) is 5.11. The minimum atomic E-state index is -0.656. The Labute approximate surface area is 193 Å². The fraction of sp³-hybridized carbons (Fsp3) is 0.364. The molecule has 0 bridgehead atoms. The van der Waals surface area contributed by atoms with E-state index in [9.17, 15) is 9.50 Å². The Morgan fingerprint density at radius 3 is 2.78 bits per heavy atom. The lowest BCUT2D eigenvalue weighted by atomic mass is 10.2. The van der Waals surface area contributed by atoms with Crippen molar-refractivity contribution >= 4 is 38.3 Å². The number of β-amino-alcohol motifs (C(OH)–C–C–N with tert-alkyl or cyclic N) is 1. The van der Waals surface area contributed by atoms with E-state index in [-0.39, 0.29) is 6.61 Å². The molecule has 1 atom stereocenters. The van der Waals surface area contributed by atoms with Gasteiger partial charge in [-0.2, -0.15) is 0 Å². The van der Waals surface area contributed by atoms with Gasteiger partial charge in [0.05, 0.1) is 31.5 Å². The molecule has 0 spiro atoms. The van der Waals surface area contributed by atoms with Gasteiger partial charge in [-0.05, 0) is 24.3 Å². The van der Waals surface area contributed by atoms with Crippen molar-refractivity contribution < 1.29 is 23.7 Å². The lowest BCUT2D eigenvalue weighted by Gasteiger charge is -2.28. The van der Waals surface area contributed by atoms with Gasteiger partial charge in [-0.25, -0.2) is 14.4 Å². The Hall–Kier alpha value is -2.53. The van der Waals surface area contributed by atoms with Crippen molar-refractivity contribution in [2.75, 3.05) is 51.9 Å². The van der Waals surface area contributed by atoms with E-state index in [1.807, 2.05) is 0 Å². The fourth-order valence-electron chi connectivity index (χ4n) is 3.47. The van der Waals surface area contributed by atoms with E-state index in [1.165, 1.54) is 19.5 Å². The molecule has 0 radical (unpaired) electrons. The Kier molecular flexibility index (Phi) is 7.36. The van der Waals surface area contributed by atoms with Crippen LogP contribution in [0.3, 0.4) is 0 Å². The number of halogens is 2. The number of hydrogen-bond acceptors (Lipinski definition) is 8. The topological polar surface area (TPSA) is 89.0 Å². The molecule has 2 aromatic carbocycles. The zero-order valence-corrected chi connectivity index (χ0v) is 19.1. The van der Waals surface area contributed by atoms with Crippen LogP contribution < -0.4 is 14.8 Å². The van der Waals surface area contributed by atoms with Crippen LogP contribution in [0.1, 0.15) is 0 Å². The van der Waals surface area contributed by atoms with Crippen LogP contribution in [0.25, 0.3) is 10.9 Å². The number of anilines is 2. The number of nitrogens with one attached hydrogen (secondary N) is 1. The first kappa shape index (κ1) is 22.7. The summed E-state index contributed by atoms with van der Waals surface area (Å²) in [5.74, 6) is 0.950. The Bertz CT molecular complexity index is 1080. The van der Waals surface area contributed by atoms with Crippen molar-refractivity contribution in [2.45, 2.75) is 6.10 Å². The SMILES string of the molecule is COc1cc2c(Nc3ccc(Br)cc3F)ncnc2cc1OCC(O)CN1CCOCC1. The van der Waals surface area contributed by atoms with Gasteiger partial charge in [-0.3, -0.25) is 4.90 Å². The fourth-order valence-corrected chi connectivity index (χ4v) is 3.81. The number of rotatable bonds is 8. The summed E-state index contributed by atoms with van der Waals surface area (Å²) in [6.07, 6.45) is 0.738. The summed E-state index contributed by atoms with van der Waals surface area (Å²) in [5.41, 5.74) is 0.886. The number of morpholine rings is 1. The normalized spacial score (nSPS) is 15.5. The van der Waals surface area contributed by atoms with E-state index < -0.39 is 11.9 Å². The van der Waals surface area contributed by atoms with E-state index in [0.717, 1.165) is 13.1 Å². The highest BCUT2D eigenvalue weighted by molar-refractivity contribution is 9.10. The molecule has 10 heteroatoms. The molecule has 1 unspecified atom stereocenters. The molecule has 0 aliphatic carbocycles. The summed E-state index contributed by atoms with van der Waals surface area (Å²) in [6, 6.07) is 8.19. The minimum Gasteiger partial charge on any atom is -0.493 e. The largest absolute Gasteiger partial charge is 0.493 e. The molecule has 170 valence electrons. The molecule has 1 fully saturated rings. The third-order valence-corrected chi connectivity index (χ3v) is 5.60. The zero-order valence-electron chi connectivity index (χ0n) is 17.6. The average molecular weight is 507 g/mol. The van der Waals surface area contributed by atoms with Crippen LogP contribution in [0.4, 0.5) is 15.9 Å². The first-order valence-corrected chi connectivity index (χ1v) is 11.0. The van der Waals surface area contributed by atoms with Crippen LogP contribution in [0.15, 0.2) is 41.1 Å². The first-order valence-electron chi connectivity index (χ1n) is 10.2. The monoisotopic (exact) mass is 506 g/mol. The molecule has 2 heterocycles. The number of methoxy groups -OCH3 is 1. The van der Waals surface area contributed by atoms with Crippen LogP contribution >= 0.6 is 15.9 Å². The maximum Gasteiger partial charge on any atom is 0.163 e. The second-order valence-corrected chi connectivity index (χ2v) is 8.29. The summed E-state index contributed by atoms with van der Waals surface area (Å²) in [4.78, 5) is 10.7. The molecule has 1 saturated heterocycles.